The lowest BCUT2D eigenvalue weighted by Crippen LogP contribution is -2.47. The first kappa shape index (κ1) is 23.7. The van der Waals surface area contributed by atoms with Gasteiger partial charge in [-0.2, -0.15) is 0 Å². The van der Waals surface area contributed by atoms with Crippen molar-refractivity contribution in [3.63, 3.8) is 0 Å². The number of anilines is 2. The Morgan fingerprint density at radius 3 is 2.20 bits per heavy atom. The van der Waals surface area contributed by atoms with Crippen LogP contribution in [0.4, 0.5) is 11.4 Å². The second-order valence-corrected chi connectivity index (χ2v) is 9.42. The van der Waals surface area contributed by atoms with Gasteiger partial charge in [-0.05, 0) is 56.7 Å². The maximum Gasteiger partial charge on any atom is 0.253 e. The van der Waals surface area contributed by atoms with Crippen molar-refractivity contribution in [3.8, 4) is 0 Å². The molecule has 1 atom stereocenters. The van der Waals surface area contributed by atoms with Gasteiger partial charge in [0.05, 0.1) is 23.2 Å². The highest BCUT2D eigenvalue weighted by Crippen LogP contribution is 2.25. The molecule has 162 valence electrons. The van der Waals surface area contributed by atoms with Gasteiger partial charge in [0.1, 0.15) is 6.04 Å². The minimum atomic E-state index is -3.77. The van der Waals surface area contributed by atoms with Gasteiger partial charge < -0.3 is 10.6 Å². The molecule has 0 aliphatic heterocycles. The molecule has 0 aliphatic carbocycles. The number of nitrogens with one attached hydrogen (secondary N) is 2. The third-order valence-electron chi connectivity index (χ3n) is 4.26. The van der Waals surface area contributed by atoms with Crippen LogP contribution < -0.4 is 14.9 Å². The van der Waals surface area contributed by atoms with Gasteiger partial charge in [-0.15, -0.1) is 0 Å². The number of para-hydroxylation sites is 1. The fourth-order valence-corrected chi connectivity index (χ4v) is 4.33. The van der Waals surface area contributed by atoms with Crippen molar-refractivity contribution < 1.29 is 18.0 Å². The lowest BCUT2D eigenvalue weighted by atomic mass is 10.1. The lowest BCUT2D eigenvalue weighted by molar-refractivity contribution is -0.117. The molecule has 0 bridgehead atoms. The second kappa shape index (κ2) is 9.95. The van der Waals surface area contributed by atoms with E-state index in [1.807, 2.05) is 13.8 Å². The van der Waals surface area contributed by atoms with E-state index in [0.29, 0.717) is 22.0 Å². The summed E-state index contributed by atoms with van der Waals surface area (Å²) < 4.78 is 26.1. The van der Waals surface area contributed by atoms with Gasteiger partial charge in [-0.25, -0.2) is 8.42 Å². The Bertz CT molecular complexity index is 1010. The predicted octanol–water partition coefficient (Wildman–Crippen LogP) is 3.66. The summed E-state index contributed by atoms with van der Waals surface area (Å²) in [7, 11) is -3.77. The SMILES string of the molecule is CC[C@@H](C(=O)Nc1ccccc1C(=O)NC(C)C)N(c1ccc(Cl)cc1)S(C)(=O)=O. The summed E-state index contributed by atoms with van der Waals surface area (Å²) in [5.41, 5.74) is 0.935. The van der Waals surface area contributed by atoms with E-state index in [1.165, 1.54) is 0 Å². The number of hydrogen-bond acceptors (Lipinski definition) is 4. The molecular weight excluding hydrogens is 426 g/mol. The Labute approximate surface area is 182 Å². The van der Waals surface area contributed by atoms with Gasteiger partial charge in [-0.3, -0.25) is 13.9 Å². The minimum absolute atomic E-state index is 0.0738. The molecule has 0 aromatic heterocycles. The molecule has 0 aliphatic rings. The third-order valence-corrected chi connectivity index (χ3v) is 5.69. The summed E-state index contributed by atoms with van der Waals surface area (Å²) in [5.74, 6) is -0.866. The Hall–Kier alpha value is -2.58. The van der Waals surface area contributed by atoms with E-state index in [2.05, 4.69) is 10.6 Å². The van der Waals surface area contributed by atoms with Gasteiger partial charge in [0.2, 0.25) is 15.9 Å². The van der Waals surface area contributed by atoms with Crippen LogP contribution in [0.25, 0.3) is 0 Å². The van der Waals surface area contributed by atoms with Gasteiger partial charge in [0.25, 0.3) is 5.91 Å². The first-order valence-corrected chi connectivity index (χ1v) is 11.7. The highest BCUT2D eigenvalue weighted by molar-refractivity contribution is 7.92. The number of carbonyl (C=O) groups is 2. The topological polar surface area (TPSA) is 95.6 Å². The number of carbonyl (C=O) groups excluding carboxylic acids is 2. The molecule has 0 spiro atoms. The first-order valence-electron chi connectivity index (χ1n) is 9.50. The van der Waals surface area contributed by atoms with E-state index in [9.17, 15) is 18.0 Å². The van der Waals surface area contributed by atoms with Crippen LogP contribution in [-0.2, 0) is 14.8 Å². The van der Waals surface area contributed by atoms with Crippen molar-refractivity contribution in [2.75, 3.05) is 15.9 Å². The quantitative estimate of drug-likeness (QED) is 0.640. The fraction of sp³-hybridized carbons (Fsp3) is 0.333. The van der Waals surface area contributed by atoms with Crippen LogP contribution in [0.5, 0.6) is 0 Å². The molecule has 2 amide bonds. The molecule has 0 fully saturated rings. The summed E-state index contributed by atoms with van der Waals surface area (Å²) in [6.07, 6.45) is 1.27. The third kappa shape index (κ3) is 5.96. The van der Waals surface area contributed by atoms with E-state index in [4.69, 9.17) is 11.6 Å². The van der Waals surface area contributed by atoms with E-state index >= 15 is 0 Å². The van der Waals surface area contributed by atoms with Crippen molar-refractivity contribution in [1.29, 1.82) is 0 Å². The molecule has 9 heteroatoms. The monoisotopic (exact) mass is 451 g/mol. The zero-order valence-electron chi connectivity index (χ0n) is 17.3. The molecule has 0 radical (unpaired) electrons. The number of nitrogens with zero attached hydrogens (tertiary/aromatic N) is 1. The Kier molecular flexibility index (Phi) is 7.86. The summed E-state index contributed by atoms with van der Waals surface area (Å²) in [6.45, 7) is 5.39. The fourth-order valence-electron chi connectivity index (χ4n) is 2.99. The highest BCUT2D eigenvalue weighted by Gasteiger charge is 2.32. The normalized spacial score (nSPS) is 12.3. The molecule has 0 saturated heterocycles. The van der Waals surface area contributed by atoms with Crippen LogP contribution in [0, 0.1) is 0 Å². The van der Waals surface area contributed by atoms with Crippen molar-refractivity contribution >= 4 is 44.8 Å². The maximum atomic E-state index is 13.1. The Morgan fingerprint density at radius 2 is 1.67 bits per heavy atom. The second-order valence-electron chi connectivity index (χ2n) is 7.12. The lowest BCUT2D eigenvalue weighted by Gasteiger charge is -2.30. The number of halogens is 1. The van der Waals surface area contributed by atoms with E-state index in [1.54, 1.807) is 55.5 Å². The smallest absolute Gasteiger partial charge is 0.253 e. The molecule has 2 aromatic rings. The average molecular weight is 452 g/mol. The van der Waals surface area contributed by atoms with Gasteiger partial charge >= 0.3 is 0 Å². The Balaban J connectivity index is 2.38. The summed E-state index contributed by atoms with van der Waals surface area (Å²) in [4.78, 5) is 25.6. The van der Waals surface area contributed by atoms with Crippen molar-refractivity contribution in [1.82, 2.24) is 5.32 Å². The van der Waals surface area contributed by atoms with Crippen LogP contribution in [0.15, 0.2) is 48.5 Å². The number of benzene rings is 2. The van der Waals surface area contributed by atoms with Crippen molar-refractivity contribution in [2.24, 2.45) is 0 Å². The number of amides is 2. The molecule has 7 nitrogen and oxygen atoms in total. The molecule has 0 heterocycles. The average Bonchev–Trinajstić information content (AvgIpc) is 2.65. The van der Waals surface area contributed by atoms with Crippen molar-refractivity contribution in [2.45, 2.75) is 39.3 Å². The highest BCUT2D eigenvalue weighted by atomic mass is 35.5. The zero-order chi connectivity index (χ0) is 22.5. The molecule has 0 saturated carbocycles. The van der Waals surface area contributed by atoms with Gasteiger partial charge in [-0.1, -0.05) is 30.7 Å². The molecule has 2 N–H and O–H groups in total. The maximum absolute atomic E-state index is 13.1. The van der Waals surface area contributed by atoms with E-state index in [-0.39, 0.29) is 18.4 Å². The molecular formula is C21H26ClN3O4S. The van der Waals surface area contributed by atoms with Gasteiger partial charge in [0.15, 0.2) is 0 Å². The number of rotatable bonds is 8. The predicted molar refractivity (Wildman–Crippen MR) is 121 cm³/mol. The minimum Gasteiger partial charge on any atom is -0.350 e. The zero-order valence-corrected chi connectivity index (χ0v) is 18.9. The number of sulfonamides is 1. The number of hydrogen-bond donors (Lipinski definition) is 2. The van der Waals surface area contributed by atoms with E-state index < -0.39 is 22.0 Å². The Morgan fingerprint density at radius 1 is 1.07 bits per heavy atom. The first-order chi connectivity index (χ1) is 14.0. The summed E-state index contributed by atoms with van der Waals surface area (Å²) in [6, 6.07) is 11.7. The van der Waals surface area contributed by atoms with Crippen LogP contribution in [0.1, 0.15) is 37.6 Å². The van der Waals surface area contributed by atoms with Crippen molar-refractivity contribution in [3.05, 3.63) is 59.1 Å². The van der Waals surface area contributed by atoms with Gasteiger partial charge in [0, 0.05) is 11.1 Å². The summed E-state index contributed by atoms with van der Waals surface area (Å²) in [5, 5.41) is 5.96. The van der Waals surface area contributed by atoms with Crippen LogP contribution in [0.2, 0.25) is 5.02 Å². The molecule has 30 heavy (non-hydrogen) atoms. The molecule has 2 aromatic carbocycles. The van der Waals surface area contributed by atoms with Crippen LogP contribution in [0.3, 0.4) is 0 Å². The van der Waals surface area contributed by atoms with Crippen LogP contribution in [-0.4, -0.2) is 38.6 Å². The molecule has 0 unspecified atom stereocenters. The molecule has 2 rings (SSSR count). The van der Waals surface area contributed by atoms with E-state index in [0.717, 1.165) is 10.6 Å². The largest absolute Gasteiger partial charge is 0.350 e. The summed E-state index contributed by atoms with van der Waals surface area (Å²) >= 11 is 5.91. The standard InChI is InChI=1S/C21H26ClN3O4S/c1-5-19(25(30(4,28)29)16-12-10-15(22)11-13-16)21(27)24-18-9-7-6-8-17(18)20(26)23-14(2)3/h6-14,19H,5H2,1-4H3,(H,23,26)(H,24,27)/t19-/m0/s1. The van der Waals surface area contributed by atoms with Crippen LogP contribution >= 0.6 is 11.6 Å².